The fraction of sp³-hybridized carbons (Fsp3) is 0.481. The summed E-state index contributed by atoms with van der Waals surface area (Å²) in [6.45, 7) is 8.90. The maximum absolute atomic E-state index is 13.4. The SMILES string of the molecule is CCN1C(=O)C(C)C(C2CCN(C)CC2)c2cc(C(=O)N(C)c3ccc(C)cc3)ccc21. The van der Waals surface area contributed by atoms with Gasteiger partial charge in [0.15, 0.2) is 0 Å². The van der Waals surface area contributed by atoms with Crippen LogP contribution in [0.25, 0.3) is 0 Å². The second kappa shape index (κ2) is 9.07. The number of anilines is 2. The summed E-state index contributed by atoms with van der Waals surface area (Å²) >= 11 is 0. The Morgan fingerprint density at radius 3 is 2.38 bits per heavy atom. The second-order valence-corrected chi connectivity index (χ2v) is 9.51. The molecular weight excluding hydrogens is 398 g/mol. The minimum atomic E-state index is -0.0731. The predicted molar refractivity (Wildman–Crippen MR) is 131 cm³/mol. The normalized spacial score (nSPS) is 22.0. The first-order valence-corrected chi connectivity index (χ1v) is 11.8. The lowest BCUT2D eigenvalue weighted by molar-refractivity contribution is -0.123. The van der Waals surface area contributed by atoms with E-state index < -0.39 is 0 Å². The van der Waals surface area contributed by atoms with Gasteiger partial charge >= 0.3 is 0 Å². The van der Waals surface area contributed by atoms with Gasteiger partial charge in [-0.1, -0.05) is 24.6 Å². The molecule has 2 aromatic carbocycles. The fourth-order valence-corrected chi connectivity index (χ4v) is 5.44. The fourth-order valence-electron chi connectivity index (χ4n) is 5.44. The molecule has 2 amide bonds. The molecule has 4 rings (SSSR count). The molecule has 0 bridgehead atoms. The molecule has 2 atom stereocenters. The largest absolute Gasteiger partial charge is 0.312 e. The summed E-state index contributed by atoms with van der Waals surface area (Å²) in [7, 11) is 3.99. The van der Waals surface area contributed by atoms with Gasteiger partial charge in [0, 0.05) is 42.4 Å². The highest BCUT2D eigenvalue weighted by Gasteiger charge is 2.42. The maximum atomic E-state index is 13.4. The number of nitrogens with zero attached hydrogens (tertiary/aromatic N) is 3. The third-order valence-corrected chi connectivity index (χ3v) is 7.43. The molecule has 2 heterocycles. The van der Waals surface area contributed by atoms with Gasteiger partial charge < -0.3 is 14.7 Å². The zero-order valence-electron chi connectivity index (χ0n) is 20.0. The number of fused-ring (bicyclic) bond motifs is 1. The van der Waals surface area contributed by atoms with Crippen LogP contribution >= 0.6 is 0 Å². The Bertz CT molecular complexity index is 992. The number of likely N-dealkylation sites (tertiary alicyclic amines) is 1. The van der Waals surface area contributed by atoms with Gasteiger partial charge in [0.2, 0.25) is 5.91 Å². The van der Waals surface area contributed by atoms with E-state index in [1.807, 2.05) is 62.2 Å². The maximum Gasteiger partial charge on any atom is 0.258 e. The molecule has 0 spiro atoms. The Hall–Kier alpha value is -2.66. The molecule has 170 valence electrons. The molecule has 2 aromatic rings. The summed E-state index contributed by atoms with van der Waals surface area (Å²) in [6, 6.07) is 13.9. The summed E-state index contributed by atoms with van der Waals surface area (Å²) in [5.41, 5.74) is 4.87. The first kappa shape index (κ1) is 22.5. The van der Waals surface area contributed by atoms with Crippen molar-refractivity contribution in [3.63, 3.8) is 0 Å². The number of carbonyl (C=O) groups excluding carboxylic acids is 2. The van der Waals surface area contributed by atoms with Gasteiger partial charge in [-0.2, -0.15) is 0 Å². The zero-order chi connectivity index (χ0) is 23.0. The van der Waals surface area contributed by atoms with Gasteiger partial charge in [0.1, 0.15) is 0 Å². The quantitative estimate of drug-likeness (QED) is 0.702. The molecule has 2 aliphatic heterocycles. The van der Waals surface area contributed by atoms with E-state index in [-0.39, 0.29) is 23.7 Å². The molecule has 0 radical (unpaired) electrons. The average molecular weight is 434 g/mol. The van der Waals surface area contributed by atoms with E-state index in [0.29, 0.717) is 18.0 Å². The van der Waals surface area contributed by atoms with Gasteiger partial charge in [-0.15, -0.1) is 0 Å². The monoisotopic (exact) mass is 433 g/mol. The van der Waals surface area contributed by atoms with Crippen LogP contribution in [-0.2, 0) is 4.79 Å². The number of rotatable bonds is 4. The first-order valence-electron chi connectivity index (χ1n) is 11.8. The summed E-state index contributed by atoms with van der Waals surface area (Å²) in [5, 5.41) is 0. The van der Waals surface area contributed by atoms with E-state index in [9.17, 15) is 9.59 Å². The van der Waals surface area contributed by atoms with E-state index in [0.717, 1.165) is 42.9 Å². The number of aryl methyl sites for hydroxylation is 1. The van der Waals surface area contributed by atoms with Gasteiger partial charge in [0.25, 0.3) is 5.91 Å². The van der Waals surface area contributed by atoms with Crippen molar-refractivity contribution >= 4 is 23.2 Å². The van der Waals surface area contributed by atoms with Crippen molar-refractivity contribution in [3.8, 4) is 0 Å². The van der Waals surface area contributed by atoms with E-state index in [2.05, 4.69) is 24.9 Å². The number of benzene rings is 2. The summed E-state index contributed by atoms with van der Waals surface area (Å²) < 4.78 is 0. The predicted octanol–water partition coefficient (Wildman–Crippen LogP) is 4.70. The lowest BCUT2D eigenvalue weighted by atomic mass is 9.70. The second-order valence-electron chi connectivity index (χ2n) is 9.51. The number of hydrogen-bond acceptors (Lipinski definition) is 3. The number of amides is 2. The van der Waals surface area contributed by atoms with Gasteiger partial charge in [0.05, 0.1) is 0 Å². The molecule has 2 unspecified atom stereocenters. The number of piperidine rings is 1. The Morgan fingerprint density at radius 1 is 1.09 bits per heavy atom. The molecule has 0 saturated carbocycles. The average Bonchev–Trinajstić information content (AvgIpc) is 2.80. The van der Waals surface area contributed by atoms with E-state index in [4.69, 9.17) is 0 Å². The van der Waals surface area contributed by atoms with Crippen LogP contribution in [0.4, 0.5) is 11.4 Å². The van der Waals surface area contributed by atoms with Gasteiger partial charge in [-0.3, -0.25) is 9.59 Å². The summed E-state index contributed by atoms with van der Waals surface area (Å²) in [5.74, 6) is 0.733. The lowest BCUT2D eigenvalue weighted by Gasteiger charge is -2.43. The van der Waals surface area contributed by atoms with Crippen LogP contribution in [0.15, 0.2) is 42.5 Å². The van der Waals surface area contributed by atoms with Crippen LogP contribution in [0.2, 0.25) is 0 Å². The van der Waals surface area contributed by atoms with Crippen molar-refractivity contribution in [1.82, 2.24) is 4.90 Å². The Kier molecular flexibility index (Phi) is 6.38. The number of hydrogen-bond donors (Lipinski definition) is 0. The van der Waals surface area contributed by atoms with Crippen LogP contribution in [0.1, 0.15) is 54.1 Å². The van der Waals surface area contributed by atoms with E-state index >= 15 is 0 Å². The summed E-state index contributed by atoms with van der Waals surface area (Å²) in [4.78, 5) is 32.6. The van der Waals surface area contributed by atoms with Crippen molar-refractivity contribution in [2.75, 3.05) is 43.5 Å². The minimum absolute atomic E-state index is 0.0219. The van der Waals surface area contributed by atoms with Gasteiger partial charge in [-0.05, 0) is 88.6 Å². The van der Waals surface area contributed by atoms with Crippen molar-refractivity contribution in [2.24, 2.45) is 11.8 Å². The third-order valence-electron chi connectivity index (χ3n) is 7.43. The zero-order valence-corrected chi connectivity index (χ0v) is 20.0. The van der Waals surface area contributed by atoms with E-state index in [1.54, 1.807) is 4.90 Å². The van der Waals surface area contributed by atoms with E-state index in [1.165, 1.54) is 5.56 Å². The Balaban J connectivity index is 1.71. The van der Waals surface area contributed by atoms with Crippen molar-refractivity contribution in [2.45, 2.75) is 39.5 Å². The molecule has 5 nitrogen and oxygen atoms in total. The highest BCUT2D eigenvalue weighted by Crippen LogP contribution is 2.46. The highest BCUT2D eigenvalue weighted by molar-refractivity contribution is 6.07. The minimum Gasteiger partial charge on any atom is -0.312 e. The molecule has 1 saturated heterocycles. The molecule has 0 aliphatic carbocycles. The molecule has 32 heavy (non-hydrogen) atoms. The van der Waals surface area contributed by atoms with Crippen LogP contribution in [0.3, 0.4) is 0 Å². The molecule has 0 aromatic heterocycles. The Morgan fingerprint density at radius 2 is 1.75 bits per heavy atom. The molecule has 0 N–H and O–H groups in total. The molecular formula is C27H35N3O2. The lowest BCUT2D eigenvalue weighted by Crippen LogP contribution is -2.45. The summed E-state index contributed by atoms with van der Waals surface area (Å²) in [6.07, 6.45) is 2.18. The van der Waals surface area contributed by atoms with Crippen molar-refractivity contribution in [3.05, 3.63) is 59.2 Å². The highest BCUT2D eigenvalue weighted by atomic mass is 16.2. The smallest absolute Gasteiger partial charge is 0.258 e. The topological polar surface area (TPSA) is 43.9 Å². The molecule has 2 aliphatic rings. The number of carbonyl (C=O) groups is 2. The van der Waals surface area contributed by atoms with Crippen molar-refractivity contribution in [1.29, 1.82) is 0 Å². The first-order chi connectivity index (χ1) is 15.3. The van der Waals surface area contributed by atoms with Crippen LogP contribution < -0.4 is 9.80 Å². The molecule has 5 heteroatoms. The van der Waals surface area contributed by atoms with Crippen LogP contribution in [0.5, 0.6) is 0 Å². The standard InChI is InChI=1S/C27H35N3O2/c1-6-30-24-12-9-21(27(32)29(5)22-10-7-18(2)8-11-22)17-23(24)25(19(3)26(30)31)20-13-15-28(4)16-14-20/h7-12,17,19-20,25H,6,13-16H2,1-5H3. The van der Waals surface area contributed by atoms with Crippen LogP contribution in [0, 0.1) is 18.8 Å². The van der Waals surface area contributed by atoms with Crippen molar-refractivity contribution < 1.29 is 9.59 Å². The third kappa shape index (κ3) is 4.06. The van der Waals surface area contributed by atoms with Crippen LogP contribution in [-0.4, -0.2) is 50.4 Å². The van der Waals surface area contributed by atoms with Gasteiger partial charge in [-0.25, -0.2) is 0 Å². The molecule has 1 fully saturated rings. The Labute approximate surface area is 192 Å².